The molecular formula is C30H23ClN2O4. The maximum absolute atomic E-state index is 13.4. The Morgan fingerprint density at radius 1 is 0.892 bits per heavy atom. The molecule has 0 bridgehead atoms. The first kappa shape index (κ1) is 24.3. The maximum atomic E-state index is 13.4. The average molecular weight is 511 g/mol. The van der Waals surface area contributed by atoms with Crippen molar-refractivity contribution in [3.05, 3.63) is 112 Å². The minimum Gasteiger partial charge on any atom is -0.488 e. The van der Waals surface area contributed by atoms with E-state index in [2.05, 4.69) is 23.5 Å². The summed E-state index contributed by atoms with van der Waals surface area (Å²) in [6.45, 7) is 4.37. The molecule has 1 heterocycles. The Bertz CT molecular complexity index is 1570. The van der Waals surface area contributed by atoms with E-state index in [1.807, 2.05) is 50.2 Å². The molecule has 0 spiro atoms. The van der Waals surface area contributed by atoms with Crippen LogP contribution in [0.15, 0.2) is 84.4 Å². The molecule has 0 saturated carbocycles. The van der Waals surface area contributed by atoms with E-state index in [1.54, 1.807) is 24.3 Å². The predicted octanol–water partition coefficient (Wildman–Crippen LogP) is 6.36. The molecule has 37 heavy (non-hydrogen) atoms. The van der Waals surface area contributed by atoms with Crippen molar-refractivity contribution in [2.24, 2.45) is 0 Å². The molecule has 1 aliphatic heterocycles. The van der Waals surface area contributed by atoms with Gasteiger partial charge in [0.25, 0.3) is 11.8 Å². The summed E-state index contributed by atoms with van der Waals surface area (Å²) < 4.78 is 6.22. The number of ether oxygens (including phenoxy) is 1. The zero-order chi connectivity index (χ0) is 26.1. The minimum atomic E-state index is -0.821. The average Bonchev–Trinajstić information content (AvgIpc) is 2.86. The van der Waals surface area contributed by atoms with Gasteiger partial charge in [-0.25, -0.2) is 9.69 Å². The standard InChI is InChI=1S/C30H23ClN2O4/c1-18-13-19(2)15-20(14-18)17-37-27-12-7-21-5-3-4-6-24(21)25(27)16-26-28(34)32-30(36)33(29(26)35)23-10-8-22(31)9-11-23/h3-16H,17H2,1-2H3,(H,32,34,36)/b26-16+. The molecule has 1 N–H and O–H groups in total. The molecule has 4 aromatic carbocycles. The summed E-state index contributed by atoms with van der Waals surface area (Å²) in [7, 11) is 0. The number of hydrogen-bond donors (Lipinski definition) is 1. The molecule has 1 saturated heterocycles. The normalized spacial score (nSPS) is 14.8. The number of carbonyl (C=O) groups excluding carboxylic acids is 3. The fourth-order valence-electron chi connectivity index (χ4n) is 4.49. The van der Waals surface area contributed by atoms with Crippen LogP contribution in [0.3, 0.4) is 0 Å². The van der Waals surface area contributed by atoms with E-state index in [1.165, 1.54) is 6.08 Å². The van der Waals surface area contributed by atoms with Gasteiger partial charge in [-0.2, -0.15) is 0 Å². The Balaban J connectivity index is 1.58. The molecule has 7 heteroatoms. The number of carbonyl (C=O) groups is 3. The number of barbiturate groups is 1. The number of halogens is 1. The zero-order valence-electron chi connectivity index (χ0n) is 20.2. The van der Waals surface area contributed by atoms with E-state index < -0.39 is 17.8 Å². The number of nitrogens with zero attached hydrogens (tertiary/aromatic N) is 1. The van der Waals surface area contributed by atoms with Crippen molar-refractivity contribution < 1.29 is 19.1 Å². The number of imide groups is 2. The van der Waals surface area contributed by atoms with Gasteiger partial charge in [-0.3, -0.25) is 14.9 Å². The van der Waals surface area contributed by atoms with Gasteiger partial charge in [0.15, 0.2) is 0 Å². The van der Waals surface area contributed by atoms with E-state index in [0.717, 1.165) is 32.4 Å². The van der Waals surface area contributed by atoms with E-state index in [9.17, 15) is 14.4 Å². The molecule has 1 aliphatic rings. The first-order chi connectivity index (χ1) is 17.8. The zero-order valence-corrected chi connectivity index (χ0v) is 21.0. The molecular weight excluding hydrogens is 488 g/mol. The number of urea groups is 1. The number of aryl methyl sites for hydroxylation is 2. The van der Waals surface area contributed by atoms with Crippen molar-refractivity contribution in [1.29, 1.82) is 0 Å². The molecule has 0 radical (unpaired) electrons. The van der Waals surface area contributed by atoms with Crippen LogP contribution in [-0.4, -0.2) is 17.8 Å². The van der Waals surface area contributed by atoms with Gasteiger partial charge in [0, 0.05) is 10.6 Å². The number of hydrogen-bond acceptors (Lipinski definition) is 4. The van der Waals surface area contributed by atoms with Crippen molar-refractivity contribution in [3.8, 4) is 5.75 Å². The van der Waals surface area contributed by atoms with Gasteiger partial charge in [0.1, 0.15) is 17.9 Å². The molecule has 0 aliphatic carbocycles. The van der Waals surface area contributed by atoms with Crippen molar-refractivity contribution in [2.75, 3.05) is 4.90 Å². The lowest BCUT2D eigenvalue weighted by Crippen LogP contribution is -2.54. The van der Waals surface area contributed by atoms with Gasteiger partial charge in [0.05, 0.1) is 5.69 Å². The Morgan fingerprint density at radius 2 is 1.59 bits per heavy atom. The third-order valence-electron chi connectivity index (χ3n) is 6.08. The van der Waals surface area contributed by atoms with E-state index in [-0.39, 0.29) is 5.57 Å². The number of anilines is 1. The van der Waals surface area contributed by atoms with Gasteiger partial charge in [-0.1, -0.05) is 71.3 Å². The second-order valence-electron chi connectivity index (χ2n) is 8.92. The summed E-state index contributed by atoms with van der Waals surface area (Å²) in [5, 5.41) is 4.45. The second-order valence-corrected chi connectivity index (χ2v) is 9.35. The Hall–Kier alpha value is -4.42. The molecule has 6 nitrogen and oxygen atoms in total. The highest BCUT2D eigenvalue weighted by Crippen LogP contribution is 2.32. The Kier molecular flexibility index (Phi) is 6.51. The molecule has 0 atom stereocenters. The number of amides is 4. The lowest BCUT2D eigenvalue weighted by atomic mass is 9.99. The van der Waals surface area contributed by atoms with Gasteiger partial charge >= 0.3 is 6.03 Å². The lowest BCUT2D eigenvalue weighted by molar-refractivity contribution is -0.122. The topological polar surface area (TPSA) is 75.7 Å². The monoisotopic (exact) mass is 510 g/mol. The molecule has 1 fully saturated rings. The van der Waals surface area contributed by atoms with Gasteiger partial charge in [-0.05, 0) is 66.6 Å². The van der Waals surface area contributed by atoms with Crippen molar-refractivity contribution in [1.82, 2.24) is 5.32 Å². The SMILES string of the molecule is Cc1cc(C)cc(COc2ccc3ccccc3c2/C=C2\C(=O)NC(=O)N(c3ccc(Cl)cc3)C2=O)c1. The largest absolute Gasteiger partial charge is 0.488 e. The number of rotatable bonds is 5. The van der Waals surface area contributed by atoms with Crippen LogP contribution in [0.2, 0.25) is 5.02 Å². The van der Waals surface area contributed by atoms with Crippen LogP contribution in [0.25, 0.3) is 16.8 Å². The highest BCUT2D eigenvalue weighted by Gasteiger charge is 2.37. The summed E-state index contributed by atoms with van der Waals surface area (Å²) in [6, 6.07) is 23.0. The van der Waals surface area contributed by atoms with Crippen LogP contribution < -0.4 is 15.0 Å². The molecule has 0 unspecified atom stereocenters. The van der Waals surface area contributed by atoms with E-state index >= 15 is 0 Å². The highest BCUT2D eigenvalue weighted by atomic mass is 35.5. The fourth-order valence-corrected chi connectivity index (χ4v) is 4.62. The van der Waals surface area contributed by atoms with Crippen molar-refractivity contribution in [2.45, 2.75) is 20.5 Å². The van der Waals surface area contributed by atoms with Crippen molar-refractivity contribution in [3.63, 3.8) is 0 Å². The predicted molar refractivity (Wildman–Crippen MR) is 145 cm³/mol. The van der Waals surface area contributed by atoms with Crippen LogP contribution in [-0.2, 0) is 16.2 Å². The first-order valence-corrected chi connectivity index (χ1v) is 12.1. The summed E-state index contributed by atoms with van der Waals surface area (Å²) in [4.78, 5) is 39.8. The Morgan fingerprint density at radius 3 is 2.32 bits per heavy atom. The molecule has 5 rings (SSSR count). The van der Waals surface area contributed by atoms with Crippen LogP contribution >= 0.6 is 11.6 Å². The third-order valence-corrected chi connectivity index (χ3v) is 6.33. The summed E-state index contributed by atoms with van der Waals surface area (Å²) in [5.74, 6) is -0.987. The molecule has 4 aromatic rings. The third kappa shape index (κ3) is 4.97. The van der Waals surface area contributed by atoms with Crippen LogP contribution in [0.1, 0.15) is 22.3 Å². The fraction of sp³-hybridized carbons (Fsp3) is 0.100. The summed E-state index contributed by atoms with van der Waals surface area (Å²) in [6.07, 6.45) is 1.49. The van der Waals surface area contributed by atoms with Gasteiger partial charge in [0.2, 0.25) is 0 Å². The second kappa shape index (κ2) is 9.91. The summed E-state index contributed by atoms with van der Waals surface area (Å²) in [5.41, 5.74) is 3.98. The van der Waals surface area contributed by atoms with Crippen LogP contribution in [0.4, 0.5) is 10.5 Å². The molecule has 4 amide bonds. The number of benzene rings is 4. The van der Waals surface area contributed by atoms with E-state index in [0.29, 0.717) is 28.6 Å². The first-order valence-electron chi connectivity index (χ1n) is 11.7. The highest BCUT2D eigenvalue weighted by molar-refractivity contribution is 6.39. The lowest BCUT2D eigenvalue weighted by Gasteiger charge is -2.26. The maximum Gasteiger partial charge on any atom is 0.335 e. The van der Waals surface area contributed by atoms with Gasteiger partial charge in [-0.15, -0.1) is 0 Å². The summed E-state index contributed by atoms with van der Waals surface area (Å²) >= 11 is 5.96. The number of fused-ring (bicyclic) bond motifs is 1. The van der Waals surface area contributed by atoms with E-state index in [4.69, 9.17) is 16.3 Å². The van der Waals surface area contributed by atoms with Gasteiger partial charge < -0.3 is 4.74 Å². The van der Waals surface area contributed by atoms with Crippen LogP contribution in [0, 0.1) is 13.8 Å². The van der Waals surface area contributed by atoms with Crippen molar-refractivity contribution >= 4 is 52.0 Å². The molecule has 0 aromatic heterocycles. The quantitative estimate of drug-likeness (QED) is 0.250. The Labute approximate surface area is 219 Å². The van der Waals surface area contributed by atoms with Crippen LogP contribution in [0.5, 0.6) is 5.75 Å². The smallest absolute Gasteiger partial charge is 0.335 e. The number of nitrogens with one attached hydrogen (secondary N) is 1. The molecule has 184 valence electrons. The minimum absolute atomic E-state index is 0.179.